The molecule has 6 nitrogen and oxygen atoms in total. The molecule has 0 spiro atoms. The molecule has 0 fully saturated rings. The van der Waals surface area contributed by atoms with Crippen LogP contribution >= 0.6 is 34.2 Å². The highest BCUT2D eigenvalue weighted by atomic mass is 127. The van der Waals surface area contributed by atoms with E-state index in [0.717, 1.165) is 14.9 Å². The fourth-order valence-corrected chi connectivity index (χ4v) is 3.23. The smallest absolute Gasteiger partial charge is 0.291 e. The average molecular weight is 534 g/mol. The lowest BCUT2D eigenvalue weighted by molar-refractivity contribution is 0.0992. The van der Waals surface area contributed by atoms with Gasteiger partial charge in [-0.3, -0.25) is 9.48 Å². The maximum atomic E-state index is 12.4. The van der Waals surface area contributed by atoms with Gasteiger partial charge in [-0.1, -0.05) is 23.7 Å². The summed E-state index contributed by atoms with van der Waals surface area (Å²) in [4.78, 5) is 12.4. The summed E-state index contributed by atoms with van der Waals surface area (Å²) in [7, 11) is 0. The minimum absolute atomic E-state index is 0.210. The topological polar surface area (TPSA) is 69.3 Å². The lowest BCUT2D eigenvalue weighted by Gasteiger charge is -2.04. The van der Waals surface area contributed by atoms with Crippen LogP contribution in [-0.4, -0.2) is 15.7 Å². The fraction of sp³-hybridized carbons (Fsp3) is 0.0909. The van der Waals surface area contributed by atoms with Crippen molar-refractivity contribution in [3.63, 3.8) is 0 Å². The number of carbonyl (C=O) groups excluding carboxylic acids is 1. The average Bonchev–Trinajstić information content (AvgIpc) is 3.39. The Balaban J connectivity index is 1.32. The van der Waals surface area contributed by atoms with Crippen LogP contribution < -0.4 is 10.1 Å². The van der Waals surface area contributed by atoms with Crippen LogP contribution in [0.15, 0.2) is 77.5 Å². The van der Waals surface area contributed by atoms with E-state index in [1.165, 1.54) is 0 Å². The first-order valence-corrected chi connectivity index (χ1v) is 10.6. The number of halogens is 2. The van der Waals surface area contributed by atoms with Crippen molar-refractivity contribution in [2.24, 2.45) is 0 Å². The Kier molecular flexibility index (Phi) is 6.39. The summed E-state index contributed by atoms with van der Waals surface area (Å²) >= 11 is 8.14. The summed E-state index contributed by atoms with van der Waals surface area (Å²) in [5, 5.41) is 7.75. The molecule has 2 aromatic carbocycles. The largest absolute Gasteiger partial charge is 0.486 e. The summed E-state index contributed by atoms with van der Waals surface area (Å²) in [5.74, 6) is 1.17. The Labute approximate surface area is 191 Å². The highest BCUT2D eigenvalue weighted by Crippen LogP contribution is 2.17. The number of aromatic nitrogens is 2. The second-order valence-electron chi connectivity index (χ2n) is 6.52. The number of amides is 1. The first-order valence-electron chi connectivity index (χ1n) is 9.10. The zero-order chi connectivity index (χ0) is 20.9. The maximum absolute atomic E-state index is 12.4. The fourth-order valence-electron chi connectivity index (χ4n) is 2.75. The predicted octanol–water partition coefficient (Wildman–Crippen LogP) is 5.61. The van der Waals surface area contributed by atoms with Crippen LogP contribution in [0.2, 0.25) is 5.02 Å². The number of anilines is 1. The van der Waals surface area contributed by atoms with Crippen molar-refractivity contribution in [2.45, 2.75) is 13.2 Å². The minimum Gasteiger partial charge on any atom is -0.486 e. The molecular formula is C22H17ClIN3O3. The third-order valence-corrected chi connectivity index (χ3v) is 5.20. The molecule has 1 N–H and O–H groups in total. The molecule has 8 heteroatoms. The normalized spacial score (nSPS) is 10.7. The van der Waals surface area contributed by atoms with Gasteiger partial charge in [-0.05, 0) is 76.7 Å². The number of hydrogen-bond donors (Lipinski definition) is 1. The zero-order valence-corrected chi connectivity index (χ0v) is 18.6. The Morgan fingerprint density at radius 3 is 2.63 bits per heavy atom. The highest BCUT2D eigenvalue weighted by molar-refractivity contribution is 14.1. The number of hydrogen-bond acceptors (Lipinski definition) is 4. The Morgan fingerprint density at radius 2 is 1.87 bits per heavy atom. The summed E-state index contributed by atoms with van der Waals surface area (Å²) in [5.41, 5.74) is 1.64. The van der Waals surface area contributed by atoms with Gasteiger partial charge in [0.05, 0.1) is 18.4 Å². The van der Waals surface area contributed by atoms with Crippen LogP contribution in [0, 0.1) is 3.57 Å². The standard InChI is InChI=1S/C22H17ClIN3O3/c23-16-3-1-15(2-4-16)12-27-13-18(11-25-27)26-22(28)21-10-9-20(30-21)14-29-19-7-5-17(24)6-8-19/h1-11,13H,12,14H2,(H,26,28). The lowest BCUT2D eigenvalue weighted by atomic mass is 10.2. The molecule has 2 aromatic heterocycles. The molecule has 1 amide bonds. The summed E-state index contributed by atoms with van der Waals surface area (Å²) < 4.78 is 14.1. The molecule has 152 valence electrons. The van der Waals surface area contributed by atoms with Gasteiger partial charge in [0.1, 0.15) is 18.1 Å². The SMILES string of the molecule is O=C(Nc1cnn(Cc2ccc(Cl)cc2)c1)c1ccc(COc2ccc(I)cc2)o1. The quantitative estimate of drug-likeness (QED) is 0.313. The van der Waals surface area contributed by atoms with Crippen molar-refractivity contribution in [3.8, 4) is 5.75 Å². The van der Waals surface area contributed by atoms with Crippen molar-refractivity contribution in [1.82, 2.24) is 9.78 Å². The predicted molar refractivity (Wildman–Crippen MR) is 123 cm³/mol. The molecule has 0 unspecified atom stereocenters. The van der Waals surface area contributed by atoms with Gasteiger partial charge in [-0.15, -0.1) is 0 Å². The molecule has 0 radical (unpaired) electrons. The van der Waals surface area contributed by atoms with Gasteiger partial charge in [0, 0.05) is 14.8 Å². The van der Waals surface area contributed by atoms with Gasteiger partial charge < -0.3 is 14.5 Å². The van der Waals surface area contributed by atoms with E-state index in [1.54, 1.807) is 29.2 Å². The number of carbonyl (C=O) groups is 1. The van der Waals surface area contributed by atoms with Crippen LogP contribution in [-0.2, 0) is 13.2 Å². The third kappa shape index (κ3) is 5.43. The molecule has 0 atom stereocenters. The van der Waals surface area contributed by atoms with Gasteiger partial charge in [-0.2, -0.15) is 5.10 Å². The second kappa shape index (κ2) is 9.36. The van der Waals surface area contributed by atoms with E-state index in [0.29, 0.717) is 23.0 Å². The van der Waals surface area contributed by atoms with Crippen LogP contribution in [0.3, 0.4) is 0 Å². The van der Waals surface area contributed by atoms with Crippen LogP contribution in [0.4, 0.5) is 5.69 Å². The van der Waals surface area contributed by atoms with Gasteiger partial charge in [0.2, 0.25) is 0 Å². The monoisotopic (exact) mass is 533 g/mol. The van der Waals surface area contributed by atoms with Crippen molar-refractivity contribution in [2.75, 3.05) is 5.32 Å². The third-order valence-electron chi connectivity index (χ3n) is 4.23. The summed E-state index contributed by atoms with van der Waals surface area (Å²) in [6.45, 7) is 0.820. The van der Waals surface area contributed by atoms with Gasteiger partial charge in [-0.25, -0.2) is 0 Å². The minimum atomic E-state index is -0.346. The van der Waals surface area contributed by atoms with Gasteiger partial charge in [0.15, 0.2) is 5.76 Å². The molecule has 4 aromatic rings. The number of nitrogens with zero attached hydrogens (tertiary/aromatic N) is 2. The molecule has 0 aliphatic rings. The first-order chi connectivity index (χ1) is 14.5. The number of ether oxygens (including phenoxy) is 1. The lowest BCUT2D eigenvalue weighted by Crippen LogP contribution is -2.10. The first kappa shape index (κ1) is 20.5. The van der Waals surface area contributed by atoms with Crippen LogP contribution in [0.25, 0.3) is 0 Å². The van der Waals surface area contributed by atoms with E-state index in [1.807, 2.05) is 48.5 Å². The maximum Gasteiger partial charge on any atom is 0.291 e. The zero-order valence-electron chi connectivity index (χ0n) is 15.7. The van der Waals surface area contributed by atoms with E-state index in [-0.39, 0.29) is 18.3 Å². The van der Waals surface area contributed by atoms with E-state index >= 15 is 0 Å². The van der Waals surface area contributed by atoms with Crippen molar-refractivity contribution in [1.29, 1.82) is 0 Å². The van der Waals surface area contributed by atoms with Crippen LogP contribution in [0.5, 0.6) is 5.75 Å². The Morgan fingerprint density at radius 1 is 1.10 bits per heavy atom. The van der Waals surface area contributed by atoms with E-state index in [4.69, 9.17) is 20.8 Å². The van der Waals surface area contributed by atoms with Crippen molar-refractivity contribution in [3.05, 3.63) is 98.7 Å². The molecule has 0 aliphatic heterocycles. The molecule has 0 saturated carbocycles. The summed E-state index contributed by atoms with van der Waals surface area (Å²) in [6.07, 6.45) is 3.35. The molecule has 0 aliphatic carbocycles. The molecule has 0 saturated heterocycles. The van der Waals surface area contributed by atoms with E-state index in [9.17, 15) is 4.79 Å². The molecule has 2 heterocycles. The van der Waals surface area contributed by atoms with Crippen molar-refractivity contribution >= 4 is 45.8 Å². The van der Waals surface area contributed by atoms with Crippen molar-refractivity contribution < 1.29 is 13.9 Å². The highest BCUT2D eigenvalue weighted by Gasteiger charge is 2.13. The number of benzene rings is 2. The Bertz CT molecular complexity index is 1140. The van der Waals surface area contributed by atoms with E-state index < -0.39 is 0 Å². The summed E-state index contributed by atoms with van der Waals surface area (Å²) in [6, 6.07) is 18.6. The van der Waals surface area contributed by atoms with E-state index in [2.05, 4.69) is 33.0 Å². The van der Waals surface area contributed by atoms with Gasteiger partial charge in [0.25, 0.3) is 5.91 Å². The number of nitrogens with one attached hydrogen (secondary N) is 1. The van der Waals surface area contributed by atoms with Gasteiger partial charge >= 0.3 is 0 Å². The number of rotatable bonds is 7. The molecular weight excluding hydrogens is 517 g/mol. The second-order valence-corrected chi connectivity index (χ2v) is 8.20. The molecule has 4 rings (SSSR count). The number of furan rings is 1. The Hall–Kier alpha value is -2.78. The molecule has 0 bridgehead atoms. The van der Waals surface area contributed by atoms with Crippen LogP contribution in [0.1, 0.15) is 21.9 Å². The molecule has 30 heavy (non-hydrogen) atoms.